The highest BCUT2D eigenvalue weighted by Gasteiger charge is 2.32. The van der Waals surface area contributed by atoms with Gasteiger partial charge in [-0.3, -0.25) is 4.79 Å². The van der Waals surface area contributed by atoms with Gasteiger partial charge in [0.2, 0.25) is 0 Å². The van der Waals surface area contributed by atoms with Gasteiger partial charge in [0.15, 0.2) is 0 Å². The summed E-state index contributed by atoms with van der Waals surface area (Å²) < 4.78 is 39.1. The fourth-order valence-electron chi connectivity index (χ4n) is 6.44. The number of carbonyl (C=O) groups excluding carboxylic acids is 1. The second-order valence-corrected chi connectivity index (χ2v) is 11.4. The molecule has 1 aliphatic carbocycles. The number of carbonyl (C=O) groups is 1. The highest BCUT2D eigenvalue weighted by Crippen LogP contribution is 2.36. The van der Waals surface area contributed by atoms with Crippen LogP contribution in [0.25, 0.3) is 11.1 Å². The van der Waals surface area contributed by atoms with Crippen molar-refractivity contribution in [3.8, 4) is 11.1 Å². The Bertz CT molecular complexity index is 1310. The lowest BCUT2D eigenvalue weighted by atomic mass is 9.77. The van der Waals surface area contributed by atoms with Gasteiger partial charge in [-0.25, -0.2) is 4.98 Å². The zero-order chi connectivity index (χ0) is 28.8. The molecular formula is C33H39F3N4O. The molecule has 3 aromatic rings. The Hall–Kier alpha value is -3.55. The van der Waals surface area contributed by atoms with Gasteiger partial charge in [-0.05, 0) is 111 Å². The van der Waals surface area contributed by atoms with E-state index in [0.29, 0.717) is 30.0 Å². The summed E-state index contributed by atoms with van der Waals surface area (Å²) in [5, 5.41) is 6.60. The van der Waals surface area contributed by atoms with Crippen molar-refractivity contribution in [2.45, 2.75) is 64.1 Å². The molecule has 3 atom stereocenters. The summed E-state index contributed by atoms with van der Waals surface area (Å²) in [7, 11) is 0. The van der Waals surface area contributed by atoms with Crippen LogP contribution in [0.2, 0.25) is 0 Å². The minimum Gasteiger partial charge on any atom is -0.371 e. The van der Waals surface area contributed by atoms with Gasteiger partial charge in [-0.15, -0.1) is 0 Å². The maximum atomic E-state index is 13.0. The van der Waals surface area contributed by atoms with Crippen molar-refractivity contribution in [3.05, 3.63) is 78.0 Å². The molecule has 2 fully saturated rings. The standard InChI is InChI=1S/C33H39F3N4O/c1-2-37-32(41)27-10-5-9-24(20-27)25-16-17-38-31(21-25)39-30-11-4-3-8-26(30)19-23-7-6-18-40(22-23)29-14-12-28(13-15-29)33(34,35)36/h5,9-10,12-17,20-21,23,26,30H,2-4,6-8,11,18-19,22H2,1H3,(H,37,41)(H,38,39)/t23-,26+,30-/m1/s1. The zero-order valence-electron chi connectivity index (χ0n) is 23.6. The number of anilines is 2. The second kappa shape index (κ2) is 13.0. The molecule has 0 bridgehead atoms. The first-order valence-electron chi connectivity index (χ1n) is 14.8. The van der Waals surface area contributed by atoms with Gasteiger partial charge >= 0.3 is 6.18 Å². The van der Waals surface area contributed by atoms with Crippen molar-refractivity contribution in [2.24, 2.45) is 11.8 Å². The van der Waals surface area contributed by atoms with Crippen LogP contribution < -0.4 is 15.5 Å². The largest absolute Gasteiger partial charge is 0.416 e. The minimum absolute atomic E-state index is 0.0774. The number of benzene rings is 2. The molecule has 5 rings (SSSR count). The van der Waals surface area contributed by atoms with Crippen molar-refractivity contribution in [3.63, 3.8) is 0 Å². The number of halogens is 3. The lowest BCUT2D eigenvalue weighted by Gasteiger charge is -2.39. The number of nitrogens with one attached hydrogen (secondary N) is 2. The summed E-state index contributed by atoms with van der Waals surface area (Å²) in [6.45, 7) is 4.25. The summed E-state index contributed by atoms with van der Waals surface area (Å²) in [6, 6.07) is 17.6. The van der Waals surface area contributed by atoms with Crippen LogP contribution in [-0.4, -0.2) is 36.6 Å². The van der Waals surface area contributed by atoms with Gasteiger partial charge in [0.1, 0.15) is 5.82 Å². The maximum Gasteiger partial charge on any atom is 0.416 e. The number of nitrogens with zero attached hydrogens (tertiary/aromatic N) is 2. The van der Waals surface area contributed by atoms with E-state index in [1.54, 1.807) is 12.1 Å². The molecule has 1 amide bonds. The lowest BCUT2D eigenvalue weighted by molar-refractivity contribution is -0.137. The Labute approximate surface area is 240 Å². The van der Waals surface area contributed by atoms with E-state index < -0.39 is 11.7 Å². The first kappa shape index (κ1) is 29.0. The molecule has 0 spiro atoms. The quantitative estimate of drug-likeness (QED) is 0.293. The third-order valence-corrected chi connectivity index (χ3v) is 8.51. The van der Waals surface area contributed by atoms with Crippen molar-refractivity contribution >= 4 is 17.4 Å². The summed E-state index contributed by atoms with van der Waals surface area (Å²) in [6.07, 6.45) is 5.48. The normalized spacial score (nSPS) is 21.4. The molecule has 2 N–H and O–H groups in total. The first-order valence-corrected chi connectivity index (χ1v) is 14.8. The smallest absolute Gasteiger partial charge is 0.371 e. The number of pyridine rings is 1. The van der Waals surface area contributed by atoms with E-state index >= 15 is 0 Å². The Morgan fingerprint density at radius 1 is 0.976 bits per heavy atom. The fraction of sp³-hybridized carbons (Fsp3) is 0.455. The Morgan fingerprint density at radius 2 is 1.76 bits per heavy atom. The lowest BCUT2D eigenvalue weighted by Crippen LogP contribution is -2.39. The Kier molecular flexibility index (Phi) is 9.15. The number of hydrogen-bond donors (Lipinski definition) is 2. The van der Waals surface area contributed by atoms with Crippen LogP contribution in [0.5, 0.6) is 0 Å². The summed E-state index contributed by atoms with van der Waals surface area (Å²) in [5.74, 6) is 1.80. The third-order valence-electron chi connectivity index (χ3n) is 8.51. The molecular weight excluding hydrogens is 525 g/mol. The maximum absolute atomic E-state index is 13.0. The molecule has 1 aliphatic heterocycles. The van der Waals surface area contributed by atoms with Crippen LogP contribution in [0, 0.1) is 11.8 Å². The van der Waals surface area contributed by atoms with Crippen molar-refractivity contribution < 1.29 is 18.0 Å². The van der Waals surface area contributed by atoms with Gasteiger partial charge in [-0.2, -0.15) is 13.2 Å². The molecule has 8 heteroatoms. The molecule has 2 aromatic carbocycles. The van der Waals surface area contributed by atoms with Crippen LogP contribution >= 0.6 is 0 Å². The zero-order valence-corrected chi connectivity index (χ0v) is 23.6. The van der Waals surface area contributed by atoms with Gasteiger partial charge in [0.05, 0.1) is 5.56 Å². The Morgan fingerprint density at radius 3 is 2.54 bits per heavy atom. The number of aromatic nitrogens is 1. The van der Waals surface area contributed by atoms with Gasteiger partial charge in [0, 0.05) is 43.1 Å². The first-order chi connectivity index (χ1) is 19.8. The molecule has 41 heavy (non-hydrogen) atoms. The molecule has 5 nitrogen and oxygen atoms in total. The highest BCUT2D eigenvalue weighted by atomic mass is 19.4. The number of amides is 1. The van der Waals surface area contributed by atoms with Crippen LogP contribution in [-0.2, 0) is 6.18 Å². The van der Waals surface area contributed by atoms with Crippen LogP contribution in [0.1, 0.15) is 67.8 Å². The van der Waals surface area contributed by atoms with E-state index in [2.05, 4.69) is 26.6 Å². The molecule has 0 unspecified atom stereocenters. The number of piperidine rings is 1. The van der Waals surface area contributed by atoms with Crippen LogP contribution in [0.3, 0.4) is 0 Å². The Balaban J connectivity index is 1.24. The molecule has 1 aromatic heterocycles. The van der Waals surface area contributed by atoms with Gasteiger partial charge < -0.3 is 15.5 Å². The average molecular weight is 565 g/mol. The van der Waals surface area contributed by atoms with Crippen molar-refractivity contribution in [1.29, 1.82) is 0 Å². The topological polar surface area (TPSA) is 57.3 Å². The third kappa shape index (κ3) is 7.40. The van der Waals surface area contributed by atoms with E-state index in [9.17, 15) is 18.0 Å². The fourth-order valence-corrected chi connectivity index (χ4v) is 6.44. The minimum atomic E-state index is -4.31. The number of hydrogen-bond acceptors (Lipinski definition) is 4. The molecule has 1 saturated carbocycles. The van der Waals surface area contributed by atoms with Crippen LogP contribution in [0.4, 0.5) is 24.7 Å². The average Bonchev–Trinajstić information content (AvgIpc) is 2.98. The number of alkyl halides is 3. The van der Waals surface area contributed by atoms with Gasteiger partial charge in [0.25, 0.3) is 5.91 Å². The summed E-state index contributed by atoms with van der Waals surface area (Å²) in [5.41, 5.74) is 2.91. The molecule has 1 saturated heterocycles. The monoisotopic (exact) mass is 564 g/mol. The molecule has 2 heterocycles. The number of rotatable bonds is 8. The van der Waals surface area contributed by atoms with E-state index in [0.717, 1.165) is 61.4 Å². The van der Waals surface area contributed by atoms with Crippen molar-refractivity contribution in [2.75, 3.05) is 29.9 Å². The summed E-state index contributed by atoms with van der Waals surface area (Å²) >= 11 is 0. The van der Waals surface area contributed by atoms with Crippen LogP contribution in [0.15, 0.2) is 66.9 Å². The predicted octanol–water partition coefficient (Wildman–Crippen LogP) is 7.79. The van der Waals surface area contributed by atoms with Crippen molar-refractivity contribution in [1.82, 2.24) is 10.3 Å². The summed E-state index contributed by atoms with van der Waals surface area (Å²) in [4.78, 5) is 19.2. The predicted molar refractivity (Wildman–Crippen MR) is 158 cm³/mol. The SMILES string of the molecule is CCNC(=O)c1cccc(-c2ccnc(N[C@@H]3CCCC[C@H]3C[C@H]3CCCN(c4ccc(C(F)(F)F)cc4)C3)c2)c1. The van der Waals surface area contributed by atoms with Gasteiger partial charge in [-0.1, -0.05) is 25.0 Å². The van der Waals surface area contributed by atoms with E-state index in [-0.39, 0.29) is 5.91 Å². The molecule has 0 radical (unpaired) electrons. The second-order valence-electron chi connectivity index (χ2n) is 11.4. The van der Waals surface area contributed by atoms with E-state index in [4.69, 9.17) is 0 Å². The van der Waals surface area contributed by atoms with E-state index in [1.165, 1.54) is 31.4 Å². The molecule has 218 valence electrons. The highest BCUT2D eigenvalue weighted by molar-refractivity contribution is 5.95. The molecule has 2 aliphatic rings. The van der Waals surface area contributed by atoms with E-state index in [1.807, 2.05) is 43.5 Å².